The number of aromatic amines is 1. The zero-order chi connectivity index (χ0) is 15.4. The molecule has 0 aliphatic carbocycles. The summed E-state index contributed by atoms with van der Waals surface area (Å²) in [5.74, 6) is 0.259. The van der Waals surface area contributed by atoms with Crippen molar-refractivity contribution in [1.82, 2.24) is 9.97 Å². The van der Waals surface area contributed by atoms with Crippen LogP contribution >= 0.6 is 0 Å². The van der Waals surface area contributed by atoms with Gasteiger partial charge in [0.05, 0.1) is 11.0 Å². The number of hydrogen-bond donors (Lipinski definition) is 2. The van der Waals surface area contributed by atoms with Crippen molar-refractivity contribution in [3.05, 3.63) is 66.0 Å². The second-order valence-electron chi connectivity index (χ2n) is 5.10. The van der Waals surface area contributed by atoms with Gasteiger partial charge in [-0.25, -0.2) is 4.98 Å². The Morgan fingerprint density at radius 3 is 2.64 bits per heavy atom. The zero-order valence-corrected chi connectivity index (χ0v) is 12.0. The van der Waals surface area contributed by atoms with Crippen LogP contribution in [0.3, 0.4) is 0 Å². The van der Waals surface area contributed by atoms with Gasteiger partial charge >= 0.3 is 5.97 Å². The fourth-order valence-corrected chi connectivity index (χ4v) is 2.23. The van der Waals surface area contributed by atoms with Crippen LogP contribution in [0.1, 0.15) is 11.4 Å². The van der Waals surface area contributed by atoms with E-state index in [-0.39, 0.29) is 6.61 Å². The van der Waals surface area contributed by atoms with E-state index in [2.05, 4.69) is 9.97 Å². The largest absolute Gasteiger partial charge is 0.460 e. The third-order valence-corrected chi connectivity index (χ3v) is 3.38. The molecule has 3 aromatic rings. The predicted molar refractivity (Wildman–Crippen MR) is 84.0 cm³/mol. The third-order valence-electron chi connectivity index (χ3n) is 3.38. The number of benzene rings is 2. The summed E-state index contributed by atoms with van der Waals surface area (Å²) < 4.78 is 5.23. The highest BCUT2D eigenvalue weighted by molar-refractivity contribution is 5.77. The Balaban J connectivity index is 1.58. The van der Waals surface area contributed by atoms with Gasteiger partial charge in [-0.05, 0) is 17.7 Å². The third kappa shape index (κ3) is 3.32. The molecule has 1 aromatic heterocycles. The molecule has 1 atom stereocenters. The minimum atomic E-state index is -0.732. The average molecular weight is 295 g/mol. The first-order valence-electron chi connectivity index (χ1n) is 7.12. The molecular weight excluding hydrogens is 278 g/mol. The van der Waals surface area contributed by atoms with E-state index in [0.29, 0.717) is 12.2 Å². The minimum Gasteiger partial charge on any atom is -0.460 e. The van der Waals surface area contributed by atoms with Crippen LogP contribution in [0, 0.1) is 0 Å². The van der Waals surface area contributed by atoms with Crippen molar-refractivity contribution in [3.8, 4) is 0 Å². The van der Waals surface area contributed by atoms with Gasteiger partial charge in [-0.2, -0.15) is 0 Å². The number of hydrogen-bond acceptors (Lipinski definition) is 4. The molecule has 0 aliphatic heterocycles. The number of H-pyrrole nitrogens is 1. The first kappa shape index (κ1) is 14.3. The van der Waals surface area contributed by atoms with Gasteiger partial charge in [0.15, 0.2) is 0 Å². The maximum Gasteiger partial charge on any atom is 0.323 e. The summed E-state index contributed by atoms with van der Waals surface area (Å²) in [6.45, 7) is 0.230. The number of fused-ring (bicyclic) bond motifs is 1. The molecule has 0 unspecified atom stereocenters. The van der Waals surface area contributed by atoms with Crippen LogP contribution in [-0.4, -0.2) is 22.0 Å². The minimum absolute atomic E-state index is 0.230. The normalized spacial score (nSPS) is 12.2. The summed E-state index contributed by atoms with van der Waals surface area (Å²) in [4.78, 5) is 19.5. The van der Waals surface area contributed by atoms with E-state index in [9.17, 15) is 4.79 Å². The van der Waals surface area contributed by atoms with Gasteiger partial charge in [-0.15, -0.1) is 0 Å². The molecule has 0 aliphatic rings. The molecule has 0 spiro atoms. The van der Waals surface area contributed by atoms with Crippen LogP contribution in [0.5, 0.6) is 0 Å². The van der Waals surface area contributed by atoms with E-state index in [0.717, 1.165) is 16.6 Å². The highest BCUT2D eigenvalue weighted by Crippen LogP contribution is 2.11. The summed E-state index contributed by atoms with van der Waals surface area (Å²) in [5, 5.41) is 0. The van der Waals surface area contributed by atoms with Crippen molar-refractivity contribution < 1.29 is 9.53 Å². The molecular formula is C17H17N3O2. The van der Waals surface area contributed by atoms with E-state index in [1.165, 1.54) is 0 Å². The molecule has 22 heavy (non-hydrogen) atoms. The van der Waals surface area contributed by atoms with Gasteiger partial charge in [0.1, 0.15) is 18.5 Å². The summed E-state index contributed by atoms with van der Waals surface area (Å²) in [5.41, 5.74) is 8.63. The smallest absolute Gasteiger partial charge is 0.323 e. The monoisotopic (exact) mass is 295 g/mol. The van der Waals surface area contributed by atoms with Gasteiger partial charge in [-0.3, -0.25) is 4.79 Å². The van der Waals surface area contributed by atoms with E-state index in [1.807, 2.05) is 54.6 Å². The van der Waals surface area contributed by atoms with Crippen LogP contribution in [0.15, 0.2) is 54.6 Å². The van der Waals surface area contributed by atoms with Crippen molar-refractivity contribution in [2.24, 2.45) is 5.73 Å². The van der Waals surface area contributed by atoms with E-state index >= 15 is 0 Å². The van der Waals surface area contributed by atoms with Crippen LogP contribution in [0.2, 0.25) is 0 Å². The molecule has 0 saturated carbocycles. The quantitative estimate of drug-likeness (QED) is 0.707. The van der Waals surface area contributed by atoms with Gasteiger partial charge < -0.3 is 15.5 Å². The average Bonchev–Trinajstić information content (AvgIpc) is 2.95. The van der Waals surface area contributed by atoms with Crippen molar-refractivity contribution in [2.45, 2.75) is 19.1 Å². The number of para-hydroxylation sites is 2. The van der Waals surface area contributed by atoms with Crippen LogP contribution in [-0.2, 0) is 22.6 Å². The van der Waals surface area contributed by atoms with E-state index in [1.54, 1.807) is 0 Å². The maximum atomic E-state index is 11.9. The van der Waals surface area contributed by atoms with Crippen molar-refractivity contribution in [2.75, 3.05) is 0 Å². The lowest BCUT2D eigenvalue weighted by molar-refractivity contribution is -0.146. The highest BCUT2D eigenvalue weighted by atomic mass is 16.5. The first-order chi connectivity index (χ1) is 10.7. The first-order valence-corrected chi connectivity index (χ1v) is 7.12. The summed E-state index contributed by atoms with van der Waals surface area (Å²) in [6, 6.07) is 16.5. The number of nitrogens with zero attached hydrogens (tertiary/aromatic N) is 1. The van der Waals surface area contributed by atoms with Crippen LogP contribution in [0.25, 0.3) is 11.0 Å². The molecule has 5 heteroatoms. The highest BCUT2D eigenvalue weighted by Gasteiger charge is 2.17. The number of esters is 1. The second kappa shape index (κ2) is 6.41. The topological polar surface area (TPSA) is 81.0 Å². The number of rotatable bonds is 5. The lowest BCUT2D eigenvalue weighted by Gasteiger charge is -2.10. The van der Waals surface area contributed by atoms with Crippen molar-refractivity contribution >= 4 is 17.0 Å². The molecule has 3 rings (SSSR count). The van der Waals surface area contributed by atoms with E-state index < -0.39 is 12.0 Å². The van der Waals surface area contributed by atoms with Gasteiger partial charge in [0, 0.05) is 6.42 Å². The molecule has 0 saturated heterocycles. The summed E-state index contributed by atoms with van der Waals surface area (Å²) in [6.07, 6.45) is 0.322. The van der Waals surface area contributed by atoms with Crippen molar-refractivity contribution in [1.29, 1.82) is 0 Å². The zero-order valence-electron chi connectivity index (χ0n) is 12.0. The Morgan fingerprint density at radius 1 is 1.14 bits per heavy atom. The lowest BCUT2D eigenvalue weighted by atomic mass is 10.2. The number of aromatic nitrogens is 2. The number of carbonyl (C=O) groups excluding carboxylic acids is 1. The predicted octanol–water partition coefficient (Wildman–Crippen LogP) is 2.18. The molecule has 2 aromatic carbocycles. The maximum absolute atomic E-state index is 11.9. The fourth-order valence-electron chi connectivity index (χ4n) is 2.23. The number of ether oxygens (including phenoxy) is 1. The molecule has 0 fully saturated rings. The van der Waals surface area contributed by atoms with Crippen LogP contribution in [0.4, 0.5) is 0 Å². The Labute approximate surface area is 128 Å². The van der Waals surface area contributed by atoms with Crippen molar-refractivity contribution in [3.63, 3.8) is 0 Å². The Bertz CT molecular complexity index is 735. The standard InChI is InChI=1S/C17H17N3O2/c18-13(17(21)22-11-12-6-2-1-3-7-12)10-16-19-14-8-4-5-9-15(14)20-16/h1-9,13H,10-11,18H2,(H,19,20)/t13-/m0/s1. The van der Waals surface area contributed by atoms with Gasteiger partial charge in [0.25, 0.3) is 0 Å². The molecule has 0 amide bonds. The lowest BCUT2D eigenvalue weighted by Crippen LogP contribution is -2.34. The summed E-state index contributed by atoms with van der Waals surface area (Å²) in [7, 11) is 0. The molecule has 1 heterocycles. The molecule has 3 N–H and O–H groups in total. The Hall–Kier alpha value is -2.66. The van der Waals surface area contributed by atoms with E-state index in [4.69, 9.17) is 10.5 Å². The van der Waals surface area contributed by atoms with Gasteiger partial charge in [0.2, 0.25) is 0 Å². The van der Waals surface area contributed by atoms with Gasteiger partial charge in [-0.1, -0.05) is 42.5 Å². The number of carbonyl (C=O) groups is 1. The summed E-state index contributed by atoms with van der Waals surface area (Å²) >= 11 is 0. The van der Waals surface area contributed by atoms with Crippen LogP contribution < -0.4 is 5.73 Å². The molecule has 5 nitrogen and oxygen atoms in total. The second-order valence-corrected chi connectivity index (χ2v) is 5.10. The molecule has 0 radical (unpaired) electrons. The SMILES string of the molecule is N[C@@H](Cc1nc2ccccc2[nH]1)C(=O)OCc1ccccc1. The Kier molecular flexibility index (Phi) is 4.16. The fraction of sp³-hybridized carbons (Fsp3) is 0.176. The number of nitrogens with two attached hydrogens (primary N) is 1. The number of imidazole rings is 1. The molecule has 0 bridgehead atoms. The number of nitrogens with one attached hydrogen (secondary N) is 1. The molecule has 112 valence electrons. The Morgan fingerprint density at radius 2 is 1.86 bits per heavy atom.